The molecule has 0 aliphatic carbocycles. The van der Waals surface area contributed by atoms with Crippen molar-refractivity contribution in [1.82, 2.24) is 0 Å². The Morgan fingerprint density at radius 3 is 2.46 bits per heavy atom. The monoisotopic (exact) mass is 391 g/mol. The molecule has 0 unspecified atom stereocenters. The minimum absolute atomic E-state index is 0.0868. The highest BCUT2D eigenvalue weighted by Crippen LogP contribution is 2.33. The van der Waals surface area contributed by atoms with Crippen LogP contribution in [-0.4, -0.2) is 17.4 Å². The number of unbranched alkanes of at least 4 members (excludes halogenated alkanes) is 1. The quantitative estimate of drug-likeness (QED) is 0.510. The van der Waals surface area contributed by atoms with Crippen molar-refractivity contribution in [3.05, 3.63) is 69.2 Å². The van der Waals surface area contributed by atoms with E-state index in [1.165, 1.54) is 0 Å². The fourth-order valence-corrected chi connectivity index (χ4v) is 3.17. The first-order valence-electron chi connectivity index (χ1n) is 8.64. The molecule has 2 N–H and O–H groups in total. The first-order chi connectivity index (χ1) is 12.5. The van der Waals surface area contributed by atoms with Gasteiger partial charge in [-0.2, -0.15) is 0 Å². The molecule has 0 fully saturated rings. The van der Waals surface area contributed by atoms with Gasteiger partial charge in [0.05, 0.1) is 12.3 Å². The minimum atomic E-state index is 0.0868. The zero-order valence-electron chi connectivity index (χ0n) is 15.0. The van der Waals surface area contributed by atoms with E-state index in [4.69, 9.17) is 33.3 Å². The summed E-state index contributed by atoms with van der Waals surface area (Å²) in [5, 5.41) is 19.3. The smallest absolute Gasteiger partial charge is 0.124 e. The Labute approximate surface area is 164 Å². The molecule has 0 aliphatic rings. The Bertz CT molecular complexity index is 793. The molecule has 3 nitrogen and oxygen atoms in total. The maximum absolute atomic E-state index is 10.1. The number of hydrogen-bond donors (Lipinski definition) is 2. The van der Waals surface area contributed by atoms with Crippen LogP contribution in [0.1, 0.15) is 43.4 Å². The van der Waals surface area contributed by atoms with Gasteiger partial charge in [-0.25, -0.2) is 0 Å². The van der Waals surface area contributed by atoms with Gasteiger partial charge in [0.2, 0.25) is 0 Å². The van der Waals surface area contributed by atoms with E-state index in [2.05, 4.69) is 6.92 Å². The van der Waals surface area contributed by atoms with Crippen molar-refractivity contribution in [2.24, 2.45) is 0 Å². The molecule has 0 saturated heterocycles. The Balaban J connectivity index is 2.28. The van der Waals surface area contributed by atoms with Crippen LogP contribution in [0, 0.1) is 5.41 Å². The van der Waals surface area contributed by atoms with Crippen molar-refractivity contribution in [2.75, 3.05) is 6.61 Å². The number of phenols is 1. The molecule has 0 atom stereocenters. The van der Waals surface area contributed by atoms with Crippen LogP contribution in [0.4, 0.5) is 0 Å². The molecule has 0 amide bonds. The predicted octanol–water partition coefficient (Wildman–Crippen LogP) is 6.41. The van der Waals surface area contributed by atoms with Crippen LogP contribution in [-0.2, 0) is 6.42 Å². The Hall–Kier alpha value is -1.97. The third-order valence-electron chi connectivity index (χ3n) is 3.90. The third kappa shape index (κ3) is 5.26. The first-order valence-corrected chi connectivity index (χ1v) is 9.39. The number of aromatic hydroxyl groups is 1. The summed E-state index contributed by atoms with van der Waals surface area (Å²) in [6.07, 6.45) is 6.09. The van der Waals surface area contributed by atoms with Gasteiger partial charge in [0.1, 0.15) is 11.5 Å². The summed E-state index contributed by atoms with van der Waals surface area (Å²) in [5.41, 5.74) is 2.48. The van der Waals surface area contributed by atoms with Gasteiger partial charge in [-0.1, -0.05) is 48.7 Å². The molecule has 26 heavy (non-hydrogen) atoms. The second-order valence-corrected chi connectivity index (χ2v) is 6.75. The summed E-state index contributed by atoms with van der Waals surface area (Å²) in [6.45, 7) is 4.52. The molecule has 0 bridgehead atoms. The zero-order chi connectivity index (χ0) is 19.1. The highest BCUT2D eigenvalue weighted by Gasteiger charge is 2.12. The molecule has 0 spiro atoms. The van der Waals surface area contributed by atoms with Crippen molar-refractivity contribution in [1.29, 1.82) is 5.41 Å². The summed E-state index contributed by atoms with van der Waals surface area (Å²) in [4.78, 5) is 0. The number of benzene rings is 2. The second-order valence-electron chi connectivity index (χ2n) is 5.93. The molecule has 0 radical (unpaired) electrons. The second kappa shape index (κ2) is 9.65. The van der Waals surface area contributed by atoms with E-state index >= 15 is 0 Å². The van der Waals surface area contributed by atoms with Gasteiger partial charge in [-0.05, 0) is 54.8 Å². The van der Waals surface area contributed by atoms with E-state index in [1.54, 1.807) is 30.3 Å². The maximum atomic E-state index is 10.1. The summed E-state index contributed by atoms with van der Waals surface area (Å²) >= 11 is 12.7. The van der Waals surface area contributed by atoms with Gasteiger partial charge in [-0.15, -0.1) is 0 Å². The van der Waals surface area contributed by atoms with E-state index in [0.717, 1.165) is 24.0 Å². The minimum Gasteiger partial charge on any atom is -0.507 e. The maximum Gasteiger partial charge on any atom is 0.124 e. The van der Waals surface area contributed by atoms with Crippen LogP contribution in [0.15, 0.2) is 42.5 Å². The molecule has 2 rings (SSSR count). The standard InChI is InChI=1S/C21H23Cl2NO2/c1-3-5-6-7-20(24)17-11-14(8-9-21(17)25)10-16-18(22)12-15(26-4-2)13-19(16)23/h6-9,11-13,24-25H,3-5,10H2,1-2H3/b7-6-,24-20?. The lowest BCUT2D eigenvalue weighted by Gasteiger charge is -2.12. The normalized spacial score (nSPS) is 11.1. The van der Waals surface area contributed by atoms with Crippen molar-refractivity contribution in [2.45, 2.75) is 33.1 Å². The zero-order valence-corrected chi connectivity index (χ0v) is 16.5. The van der Waals surface area contributed by atoms with E-state index in [9.17, 15) is 5.11 Å². The van der Waals surface area contributed by atoms with Crippen molar-refractivity contribution >= 4 is 28.9 Å². The van der Waals surface area contributed by atoms with E-state index in [-0.39, 0.29) is 11.5 Å². The van der Waals surface area contributed by atoms with Crippen molar-refractivity contribution < 1.29 is 9.84 Å². The summed E-state index contributed by atoms with van der Waals surface area (Å²) in [7, 11) is 0. The first kappa shape index (κ1) is 20.3. The highest BCUT2D eigenvalue weighted by molar-refractivity contribution is 6.36. The number of phenolic OH excluding ortho intramolecular Hbond substituents is 1. The molecular weight excluding hydrogens is 369 g/mol. The number of halogens is 2. The Kier molecular flexibility index (Phi) is 7.55. The largest absolute Gasteiger partial charge is 0.507 e. The van der Waals surface area contributed by atoms with Crippen LogP contribution in [0.2, 0.25) is 10.0 Å². The average Bonchev–Trinajstić information content (AvgIpc) is 2.60. The molecule has 0 saturated carbocycles. The molecule has 5 heteroatoms. The van der Waals surface area contributed by atoms with Crippen LogP contribution in [0.5, 0.6) is 11.5 Å². The number of nitrogens with one attached hydrogen (secondary N) is 1. The van der Waals surface area contributed by atoms with Crippen LogP contribution < -0.4 is 4.74 Å². The number of ether oxygens (including phenoxy) is 1. The van der Waals surface area contributed by atoms with Crippen molar-refractivity contribution in [3.63, 3.8) is 0 Å². The van der Waals surface area contributed by atoms with Crippen LogP contribution >= 0.6 is 23.2 Å². The summed E-state index contributed by atoms with van der Waals surface area (Å²) in [5.74, 6) is 0.726. The highest BCUT2D eigenvalue weighted by atomic mass is 35.5. The fourth-order valence-electron chi connectivity index (χ4n) is 2.57. The predicted molar refractivity (Wildman–Crippen MR) is 109 cm³/mol. The summed E-state index contributed by atoms with van der Waals surface area (Å²) in [6, 6.07) is 8.72. The number of hydrogen-bond acceptors (Lipinski definition) is 3. The van der Waals surface area contributed by atoms with Gasteiger partial charge < -0.3 is 15.3 Å². The van der Waals surface area contributed by atoms with E-state index < -0.39 is 0 Å². The van der Waals surface area contributed by atoms with Gasteiger partial charge in [0.25, 0.3) is 0 Å². The van der Waals surface area contributed by atoms with Crippen LogP contribution in [0.3, 0.4) is 0 Å². The number of rotatable bonds is 8. The molecule has 138 valence electrons. The number of allylic oxidation sites excluding steroid dienone is 2. The fraction of sp³-hybridized carbons (Fsp3) is 0.286. The SMILES string of the molecule is CCC/C=C\C(=N)c1cc(Cc2c(Cl)cc(OCC)cc2Cl)ccc1O. The molecule has 0 heterocycles. The van der Waals surface area contributed by atoms with Gasteiger partial charge in [0.15, 0.2) is 0 Å². The lowest BCUT2D eigenvalue weighted by Crippen LogP contribution is -1.99. The molecule has 2 aromatic rings. The average molecular weight is 392 g/mol. The van der Waals surface area contributed by atoms with Gasteiger partial charge >= 0.3 is 0 Å². The molecule has 0 aliphatic heterocycles. The van der Waals surface area contributed by atoms with Crippen LogP contribution in [0.25, 0.3) is 0 Å². The molecule has 0 aromatic heterocycles. The van der Waals surface area contributed by atoms with Gasteiger partial charge in [-0.3, -0.25) is 0 Å². The summed E-state index contributed by atoms with van der Waals surface area (Å²) < 4.78 is 5.45. The Morgan fingerprint density at radius 1 is 1.15 bits per heavy atom. The Morgan fingerprint density at radius 2 is 1.85 bits per heavy atom. The molecule has 2 aromatic carbocycles. The molecular formula is C21H23Cl2NO2. The topological polar surface area (TPSA) is 53.3 Å². The van der Waals surface area contributed by atoms with E-state index in [0.29, 0.717) is 34.4 Å². The lowest BCUT2D eigenvalue weighted by molar-refractivity contribution is 0.340. The van der Waals surface area contributed by atoms with Gasteiger partial charge in [0, 0.05) is 22.0 Å². The van der Waals surface area contributed by atoms with Crippen molar-refractivity contribution in [3.8, 4) is 11.5 Å². The lowest BCUT2D eigenvalue weighted by atomic mass is 9.99. The van der Waals surface area contributed by atoms with E-state index in [1.807, 2.05) is 19.1 Å². The third-order valence-corrected chi connectivity index (χ3v) is 4.57.